The van der Waals surface area contributed by atoms with Crippen molar-refractivity contribution in [3.63, 3.8) is 0 Å². The van der Waals surface area contributed by atoms with Gasteiger partial charge in [-0.2, -0.15) is 0 Å². The Bertz CT molecular complexity index is 1490. The summed E-state index contributed by atoms with van der Waals surface area (Å²) in [5, 5.41) is 4.48. The number of hydrogen-bond donors (Lipinski definition) is 2. The van der Waals surface area contributed by atoms with Crippen molar-refractivity contribution in [2.75, 3.05) is 0 Å². The molecule has 6 rings (SSSR count). The van der Waals surface area contributed by atoms with Crippen LogP contribution in [0, 0.1) is 0 Å². The van der Waals surface area contributed by atoms with E-state index < -0.39 is 29.8 Å². The van der Waals surface area contributed by atoms with Gasteiger partial charge in [0.05, 0.1) is 11.1 Å². The smallest absolute Gasteiger partial charge is 0.262 e. The number of benzene rings is 2. The number of imide groups is 3. The molecule has 0 bridgehead atoms. The first-order valence-electron chi connectivity index (χ1n) is 13.5. The van der Waals surface area contributed by atoms with Gasteiger partial charge >= 0.3 is 0 Å². The molecule has 2 saturated heterocycles. The van der Waals surface area contributed by atoms with Crippen LogP contribution in [0.5, 0.6) is 0 Å². The summed E-state index contributed by atoms with van der Waals surface area (Å²) in [6.07, 6.45) is 0.984. The van der Waals surface area contributed by atoms with E-state index in [9.17, 15) is 33.6 Å². The van der Waals surface area contributed by atoms with Gasteiger partial charge in [0.1, 0.15) is 12.1 Å². The van der Waals surface area contributed by atoms with E-state index in [0.717, 1.165) is 16.0 Å². The molecule has 41 heavy (non-hydrogen) atoms. The average molecular weight is 559 g/mol. The number of amides is 7. The maximum Gasteiger partial charge on any atom is 0.262 e. The topological polar surface area (TPSA) is 150 Å². The van der Waals surface area contributed by atoms with Gasteiger partial charge in [0.15, 0.2) is 0 Å². The van der Waals surface area contributed by atoms with E-state index in [0.29, 0.717) is 29.7 Å². The largest absolute Gasteiger partial charge is 0.322 e. The maximum atomic E-state index is 12.7. The fraction of sp³-hybridized carbons (Fsp3) is 0.367. The highest BCUT2D eigenvalue weighted by Gasteiger charge is 2.44. The minimum absolute atomic E-state index is 0.0631. The Morgan fingerprint density at radius 2 is 1.17 bits per heavy atom. The Kier molecular flexibility index (Phi) is 7.06. The normalized spacial score (nSPS) is 22.2. The minimum Gasteiger partial charge on any atom is -0.322 e. The number of fused-ring (bicyclic) bond motifs is 2. The molecule has 212 valence electrons. The van der Waals surface area contributed by atoms with Crippen molar-refractivity contribution in [2.45, 2.75) is 70.5 Å². The highest BCUT2D eigenvalue weighted by atomic mass is 16.2. The van der Waals surface area contributed by atoms with Crippen molar-refractivity contribution in [1.29, 1.82) is 0 Å². The predicted octanol–water partition coefficient (Wildman–Crippen LogP) is 1.83. The number of piperidine rings is 2. The molecule has 0 spiro atoms. The van der Waals surface area contributed by atoms with Crippen LogP contribution in [0.1, 0.15) is 88.7 Å². The summed E-state index contributed by atoms with van der Waals surface area (Å²) in [7, 11) is 0. The third-order valence-electron chi connectivity index (χ3n) is 7.74. The highest BCUT2D eigenvalue weighted by Crippen LogP contribution is 2.35. The maximum absolute atomic E-state index is 12.7. The molecule has 4 heterocycles. The predicted molar refractivity (Wildman–Crippen MR) is 144 cm³/mol. The van der Waals surface area contributed by atoms with Crippen LogP contribution in [0.15, 0.2) is 42.5 Å². The quantitative estimate of drug-likeness (QED) is 0.534. The SMILES string of the molecule is CC(C)(C)c1cccc2c1CN(C1CCC(=O)NC1=O)C2=O.O=C1CCC(N2C(=O)c3ccccc3C2=O)C(=O)N1. The first kappa shape index (κ1) is 27.9. The molecule has 11 heteroatoms. The zero-order valence-electron chi connectivity index (χ0n) is 23.0. The van der Waals surface area contributed by atoms with Gasteiger partial charge in [-0.05, 0) is 47.6 Å². The molecule has 2 aromatic carbocycles. The first-order chi connectivity index (χ1) is 19.4. The van der Waals surface area contributed by atoms with Crippen molar-refractivity contribution in [2.24, 2.45) is 0 Å². The van der Waals surface area contributed by atoms with Crippen LogP contribution in [-0.4, -0.2) is 63.2 Å². The summed E-state index contributed by atoms with van der Waals surface area (Å²) in [4.78, 5) is 85.7. The van der Waals surface area contributed by atoms with Crippen LogP contribution in [0.4, 0.5) is 0 Å². The van der Waals surface area contributed by atoms with E-state index in [1.165, 1.54) is 0 Å². The molecule has 4 aliphatic heterocycles. The molecule has 0 aliphatic carbocycles. The van der Waals surface area contributed by atoms with Crippen LogP contribution < -0.4 is 10.6 Å². The van der Waals surface area contributed by atoms with Gasteiger partial charge in [-0.15, -0.1) is 0 Å². The number of nitrogens with zero attached hydrogens (tertiary/aromatic N) is 2. The lowest BCUT2D eigenvalue weighted by Crippen LogP contribution is -2.54. The highest BCUT2D eigenvalue weighted by molar-refractivity contribution is 6.23. The summed E-state index contributed by atoms with van der Waals surface area (Å²) in [5.74, 6) is -2.67. The van der Waals surface area contributed by atoms with Crippen molar-refractivity contribution in [1.82, 2.24) is 20.4 Å². The Balaban J connectivity index is 0.000000166. The Labute approximate surface area is 236 Å². The second-order valence-corrected chi connectivity index (χ2v) is 11.5. The summed E-state index contributed by atoms with van der Waals surface area (Å²) in [6.45, 7) is 6.78. The number of hydrogen-bond acceptors (Lipinski definition) is 7. The van der Waals surface area contributed by atoms with E-state index in [1.807, 2.05) is 18.2 Å². The third-order valence-corrected chi connectivity index (χ3v) is 7.74. The van der Waals surface area contributed by atoms with E-state index in [-0.39, 0.29) is 48.3 Å². The molecule has 2 unspecified atom stereocenters. The molecule has 2 N–H and O–H groups in total. The molecule has 2 aromatic rings. The summed E-state index contributed by atoms with van der Waals surface area (Å²) < 4.78 is 0. The molecule has 0 saturated carbocycles. The van der Waals surface area contributed by atoms with E-state index in [4.69, 9.17) is 0 Å². The number of rotatable bonds is 2. The Hall–Kier alpha value is -4.67. The lowest BCUT2D eigenvalue weighted by atomic mass is 9.83. The van der Waals surface area contributed by atoms with Gasteiger partial charge in [-0.25, -0.2) is 0 Å². The second-order valence-electron chi connectivity index (χ2n) is 11.5. The molecule has 2 atom stereocenters. The first-order valence-corrected chi connectivity index (χ1v) is 13.5. The van der Waals surface area contributed by atoms with E-state index in [2.05, 4.69) is 31.4 Å². The third kappa shape index (κ3) is 5.03. The van der Waals surface area contributed by atoms with Crippen LogP contribution in [0.25, 0.3) is 0 Å². The number of carbonyl (C=O) groups is 7. The standard InChI is InChI=1S/C17H20N2O3.C13H10N2O4/c1-17(2,3)12-6-4-5-10-11(12)9-19(16(10)22)13-7-8-14(20)18-15(13)21;16-10-6-5-9(11(17)14-10)15-12(18)7-3-1-2-4-8(7)13(15)19/h4-6,13H,7-9H2,1-3H3,(H,18,20,21);1-4,9H,5-6H2,(H,14,16,17). The van der Waals surface area contributed by atoms with Gasteiger partial charge in [-0.1, -0.05) is 45.0 Å². The fourth-order valence-corrected chi connectivity index (χ4v) is 5.71. The molecule has 7 amide bonds. The van der Waals surface area contributed by atoms with Crippen LogP contribution in [0.3, 0.4) is 0 Å². The van der Waals surface area contributed by atoms with Crippen LogP contribution in [-0.2, 0) is 31.1 Å². The van der Waals surface area contributed by atoms with Gasteiger partial charge in [0.2, 0.25) is 23.6 Å². The minimum atomic E-state index is -0.898. The zero-order valence-corrected chi connectivity index (χ0v) is 23.0. The Morgan fingerprint density at radius 1 is 0.659 bits per heavy atom. The van der Waals surface area contributed by atoms with Gasteiger partial charge in [-0.3, -0.25) is 49.1 Å². The van der Waals surface area contributed by atoms with E-state index >= 15 is 0 Å². The van der Waals surface area contributed by atoms with Crippen molar-refractivity contribution < 1.29 is 33.6 Å². The molecule has 4 aliphatic rings. The molecule has 11 nitrogen and oxygen atoms in total. The summed E-state index contributed by atoms with van der Waals surface area (Å²) >= 11 is 0. The second kappa shape index (κ2) is 10.4. The zero-order chi connectivity index (χ0) is 29.6. The molecular formula is C30H30N4O7. The monoisotopic (exact) mass is 558 g/mol. The molecule has 2 fully saturated rings. The van der Waals surface area contributed by atoms with E-state index in [1.54, 1.807) is 29.2 Å². The molecule has 0 aromatic heterocycles. The average Bonchev–Trinajstić information content (AvgIpc) is 3.38. The lowest BCUT2D eigenvalue weighted by molar-refractivity contribution is -0.138. The molecular weight excluding hydrogens is 528 g/mol. The van der Waals surface area contributed by atoms with Crippen molar-refractivity contribution in [3.8, 4) is 0 Å². The Morgan fingerprint density at radius 3 is 1.68 bits per heavy atom. The summed E-state index contributed by atoms with van der Waals surface area (Å²) in [5.41, 5.74) is 3.36. The van der Waals surface area contributed by atoms with Crippen molar-refractivity contribution in [3.05, 3.63) is 70.3 Å². The van der Waals surface area contributed by atoms with Gasteiger partial charge in [0, 0.05) is 24.9 Å². The lowest BCUT2D eigenvalue weighted by Gasteiger charge is -2.29. The van der Waals surface area contributed by atoms with Crippen LogP contribution >= 0.6 is 0 Å². The summed E-state index contributed by atoms with van der Waals surface area (Å²) in [6, 6.07) is 10.7. The number of carbonyl (C=O) groups excluding carboxylic acids is 7. The van der Waals surface area contributed by atoms with Gasteiger partial charge in [0.25, 0.3) is 17.7 Å². The number of nitrogens with one attached hydrogen (secondary N) is 2. The van der Waals surface area contributed by atoms with Gasteiger partial charge < -0.3 is 4.90 Å². The molecule has 0 radical (unpaired) electrons. The van der Waals surface area contributed by atoms with Crippen LogP contribution in [0.2, 0.25) is 0 Å². The van der Waals surface area contributed by atoms with Crippen molar-refractivity contribution >= 4 is 41.4 Å². The fourth-order valence-electron chi connectivity index (χ4n) is 5.71.